The van der Waals surface area contributed by atoms with E-state index in [0.717, 1.165) is 16.9 Å². The molecule has 0 amide bonds. The zero-order valence-electron chi connectivity index (χ0n) is 13.5. The van der Waals surface area contributed by atoms with Crippen molar-refractivity contribution in [2.45, 2.75) is 13.8 Å². The number of benzene rings is 2. The van der Waals surface area contributed by atoms with Crippen molar-refractivity contribution >= 4 is 11.9 Å². The Morgan fingerprint density at radius 1 is 0.957 bits per heavy atom. The van der Waals surface area contributed by atoms with E-state index in [1.807, 2.05) is 80.2 Å². The van der Waals surface area contributed by atoms with Gasteiger partial charge in [-0.1, -0.05) is 48.0 Å². The molecule has 0 bridgehead atoms. The van der Waals surface area contributed by atoms with Crippen molar-refractivity contribution in [1.29, 1.82) is 0 Å². The molecule has 3 rings (SSSR count). The first-order valence-electron chi connectivity index (χ1n) is 7.52. The molecule has 0 spiro atoms. The van der Waals surface area contributed by atoms with Crippen LogP contribution in [0.4, 0.5) is 5.69 Å². The Kier molecular flexibility index (Phi) is 3.98. The van der Waals surface area contributed by atoms with Crippen LogP contribution in [0.2, 0.25) is 0 Å². The van der Waals surface area contributed by atoms with Crippen LogP contribution in [-0.2, 0) is 7.05 Å². The number of aromatic nitrogens is 2. The van der Waals surface area contributed by atoms with Gasteiger partial charge in [0.2, 0.25) is 0 Å². The lowest BCUT2D eigenvalue weighted by Crippen LogP contribution is -2.19. The molecule has 0 saturated carbocycles. The van der Waals surface area contributed by atoms with Crippen LogP contribution in [0, 0.1) is 13.8 Å². The molecule has 0 aliphatic carbocycles. The zero-order chi connectivity index (χ0) is 16.4. The summed E-state index contributed by atoms with van der Waals surface area (Å²) in [4.78, 5) is 17.1. The fourth-order valence-corrected chi connectivity index (χ4v) is 2.49. The summed E-state index contributed by atoms with van der Waals surface area (Å²) in [7, 11) is 1.87. The standard InChI is InChI=1S/C19H19N3O/c1-14-9-11-16(12-10-14)13-20-18-15(2)21(3)22(19(18)23)17-7-5-4-6-8-17/h4-13H,1-3H3. The smallest absolute Gasteiger partial charge is 0.283 e. The monoisotopic (exact) mass is 305 g/mol. The molecule has 2 aromatic carbocycles. The summed E-state index contributed by atoms with van der Waals surface area (Å²) in [5.74, 6) is 0. The third kappa shape index (κ3) is 2.88. The number of aliphatic imine (C=N–C) groups is 1. The maximum absolute atomic E-state index is 12.7. The van der Waals surface area contributed by atoms with Gasteiger partial charge in [-0.2, -0.15) is 0 Å². The van der Waals surface area contributed by atoms with Crippen molar-refractivity contribution in [2.75, 3.05) is 0 Å². The molecule has 1 heterocycles. The van der Waals surface area contributed by atoms with E-state index < -0.39 is 0 Å². The molecule has 23 heavy (non-hydrogen) atoms. The largest absolute Gasteiger partial charge is 0.297 e. The second kappa shape index (κ2) is 6.08. The minimum Gasteiger partial charge on any atom is -0.283 e. The topological polar surface area (TPSA) is 39.3 Å². The van der Waals surface area contributed by atoms with Crippen LogP contribution in [0.15, 0.2) is 64.4 Å². The summed E-state index contributed by atoms with van der Waals surface area (Å²) >= 11 is 0. The number of nitrogens with zero attached hydrogens (tertiary/aromatic N) is 3. The molecule has 4 heteroatoms. The van der Waals surface area contributed by atoms with Crippen molar-refractivity contribution in [3.63, 3.8) is 0 Å². The van der Waals surface area contributed by atoms with Gasteiger partial charge in [0.1, 0.15) is 0 Å². The van der Waals surface area contributed by atoms with Crippen molar-refractivity contribution in [2.24, 2.45) is 12.0 Å². The van der Waals surface area contributed by atoms with E-state index in [4.69, 9.17) is 0 Å². The fraction of sp³-hybridized carbons (Fsp3) is 0.158. The minimum absolute atomic E-state index is 0.112. The SMILES string of the molecule is Cc1ccc(C=Nc2c(C)n(C)n(-c3ccccc3)c2=O)cc1. The second-order valence-corrected chi connectivity index (χ2v) is 5.58. The first kappa shape index (κ1) is 15.0. The van der Waals surface area contributed by atoms with Crippen molar-refractivity contribution < 1.29 is 0 Å². The molecule has 0 saturated heterocycles. The Bertz CT molecular complexity index is 900. The fourth-order valence-electron chi connectivity index (χ4n) is 2.49. The third-order valence-electron chi connectivity index (χ3n) is 3.94. The van der Waals surface area contributed by atoms with Crippen LogP contribution in [0.3, 0.4) is 0 Å². The molecule has 0 fully saturated rings. The molecule has 0 atom stereocenters. The average molecular weight is 305 g/mol. The quantitative estimate of drug-likeness (QED) is 0.682. The summed E-state index contributed by atoms with van der Waals surface area (Å²) in [6.45, 7) is 3.95. The predicted octanol–water partition coefficient (Wildman–Crippen LogP) is 3.54. The number of para-hydroxylation sites is 1. The molecular weight excluding hydrogens is 286 g/mol. The van der Waals surface area contributed by atoms with Gasteiger partial charge in [-0.05, 0) is 31.5 Å². The summed E-state index contributed by atoms with van der Waals surface area (Å²) in [6.07, 6.45) is 1.73. The summed E-state index contributed by atoms with van der Waals surface area (Å²) in [5.41, 5.74) is 4.20. The van der Waals surface area contributed by atoms with Crippen LogP contribution in [-0.4, -0.2) is 15.6 Å². The molecule has 0 radical (unpaired) electrons. The Hall–Kier alpha value is -2.88. The van der Waals surface area contributed by atoms with Gasteiger partial charge < -0.3 is 0 Å². The number of aryl methyl sites for hydroxylation is 1. The molecule has 1 aromatic heterocycles. The van der Waals surface area contributed by atoms with E-state index >= 15 is 0 Å². The predicted molar refractivity (Wildman–Crippen MR) is 94.2 cm³/mol. The molecule has 0 N–H and O–H groups in total. The Morgan fingerprint density at radius 2 is 1.61 bits per heavy atom. The highest BCUT2D eigenvalue weighted by Crippen LogP contribution is 2.16. The summed E-state index contributed by atoms with van der Waals surface area (Å²) in [6, 6.07) is 17.6. The minimum atomic E-state index is -0.112. The molecule has 4 nitrogen and oxygen atoms in total. The van der Waals surface area contributed by atoms with Gasteiger partial charge in [0, 0.05) is 13.3 Å². The van der Waals surface area contributed by atoms with E-state index in [9.17, 15) is 4.79 Å². The third-order valence-corrected chi connectivity index (χ3v) is 3.94. The normalized spacial score (nSPS) is 11.3. The molecular formula is C19H19N3O. The number of hydrogen-bond donors (Lipinski definition) is 0. The van der Waals surface area contributed by atoms with Gasteiger partial charge in [-0.3, -0.25) is 9.48 Å². The van der Waals surface area contributed by atoms with E-state index in [0.29, 0.717) is 5.69 Å². The molecule has 0 unspecified atom stereocenters. The Morgan fingerprint density at radius 3 is 2.26 bits per heavy atom. The number of rotatable bonds is 3. The molecule has 3 aromatic rings. The van der Waals surface area contributed by atoms with E-state index in [-0.39, 0.29) is 5.56 Å². The maximum Gasteiger partial charge on any atom is 0.297 e. The Balaban J connectivity index is 2.04. The van der Waals surface area contributed by atoms with E-state index in [2.05, 4.69) is 4.99 Å². The first-order valence-corrected chi connectivity index (χ1v) is 7.52. The van der Waals surface area contributed by atoms with Crippen molar-refractivity contribution in [3.8, 4) is 5.69 Å². The van der Waals surface area contributed by atoms with Crippen LogP contribution in [0.5, 0.6) is 0 Å². The lowest BCUT2D eigenvalue weighted by atomic mass is 10.2. The van der Waals surface area contributed by atoms with Gasteiger partial charge in [0.05, 0.1) is 11.4 Å². The Labute approximate surface area is 135 Å². The van der Waals surface area contributed by atoms with Gasteiger partial charge in [-0.25, -0.2) is 9.67 Å². The zero-order valence-corrected chi connectivity index (χ0v) is 13.5. The van der Waals surface area contributed by atoms with Gasteiger partial charge in [0.15, 0.2) is 5.69 Å². The maximum atomic E-state index is 12.7. The summed E-state index contributed by atoms with van der Waals surface area (Å²) in [5, 5.41) is 0. The highest BCUT2D eigenvalue weighted by atomic mass is 16.1. The van der Waals surface area contributed by atoms with Gasteiger partial charge in [0.25, 0.3) is 5.56 Å². The van der Waals surface area contributed by atoms with Gasteiger partial charge >= 0.3 is 0 Å². The van der Waals surface area contributed by atoms with E-state index in [1.165, 1.54) is 5.56 Å². The lowest BCUT2D eigenvalue weighted by molar-refractivity contribution is 0.630. The molecule has 0 aliphatic heterocycles. The van der Waals surface area contributed by atoms with Gasteiger partial charge in [-0.15, -0.1) is 0 Å². The first-order chi connectivity index (χ1) is 11.1. The van der Waals surface area contributed by atoms with Crippen LogP contribution < -0.4 is 5.56 Å². The second-order valence-electron chi connectivity index (χ2n) is 5.58. The van der Waals surface area contributed by atoms with Crippen molar-refractivity contribution in [1.82, 2.24) is 9.36 Å². The van der Waals surface area contributed by atoms with Crippen LogP contribution in [0.25, 0.3) is 5.69 Å². The van der Waals surface area contributed by atoms with Crippen molar-refractivity contribution in [3.05, 3.63) is 81.8 Å². The summed E-state index contributed by atoms with van der Waals surface area (Å²) < 4.78 is 3.47. The highest BCUT2D eigenvalue weighted by molar-refractivity contribution is 5.82. The van der Waals surface area contributed by atoms with Crippen LogP contribution >= 0.6 is 0 Å². The van der Waals surface area contributed by atoms with E-state index in [1.54, 1.807) is 10.9 Å². The lowest BCUT2D eigenvalue weighted by Gasteiger charge is -2.07. The molecule has 0 aliphatic rings. The average Bonchev–Trinajstić information content (AvgIpc) is 2.78. The molecule has 116 valence electrons. The van der Waals surface area contributed by atoms with Crippen LogP contribution in [0.1, 0.15) is 16.8 Å². The number of hydrogen-bond acceptors (Lipinski definition) is 2. The highest BCUT2D eigenvalue weighted by Gasteiger charge is 2.14.